The highest BCUT2D eigenvalue weighted by atomic mass is 15.1. The summed E-state index contributed by atoms with van der Waals surface area (Å²) in [4.78, 5) is 5.90. The number of fused-ring (bicyclic) bond motifs is 1. The molecule has 0 saturated heterocycles. The van der Waals surface area contributed by atoms with Crippen LogP contribution in [0, 0.1) is 0 Å². The second kappa shape index (κ2) is 10.3. The molecular weight excluding hydrogens is 330 g/mol. The van der Waals surface area contributed by atoms with Crippen molar-refractivity contribution in [2.45, 2.75) is 51.6 Å². The maximum atomic E-state index is 6.59. The fourth-order valence-electron chi connectivity index (χ4n) is 3.82. The van der Waals surface area contributed by atoms with E-state index in [1.54, 1.807) is 0 Å². The third kappa shape index (κ3) is 5.95. The molecule has 0 saturated carbocycles. The van der Waals surface area contributed by atoms with Crippen LogP contribution in [0.15, 0.2) is 60.8 Å². The van der Waals surface area contributed by atoms with Gasteiger partial charge < -0.3 is 10.7 Å². The number of para-hydroxylation sites is 1. The van der Waals surface area contributed by atoms with Crippen LogP contribution in [-0.4, -0.2) is 29.0 Å². The summed E-state index contributed by atoms with van der Waals surface area (Å²) in [7, 11) is 0. The van der Waals surface area contributed by atoms with Gasteiger partial charge >= 0.3 is 0 Å². The van der Waals surface area contributed by atoms with Crippen molar-refractivity contribution < 1.29 is 0 Å². The number of aromatic nitrogens is 1. The van der Waals surface area contributed by atoms with Gasteiger partial charge in [-0.1, -0.05) is 74.7 Å². The number of hydrogen-bond acceptors (Lipinski definition) is 2. The lowest BCUT2D eigenvalue weighted by atomic mass is 10.0. The number of nitrogens with two attached hydrogens (primary N) is 1. The number of hydrogen-bond donors (Lipinski definition) is 2. The van der Waals surface area contributed by atoms with Crippen molar-refractivity contribution in [3.05, 3.63) is 71.9 Å². The highest BCUT2D eigenvalue weighted by Crippen LogP contribution is 2.19. The summed E-state index contributed by atoms with van der Waals surface area (Å²) in [5.41, 5.74) is 10.5. The fraction of sp³-hybridized carbons (Fsp3) is 0.417. The highest BCUT2D eigenvalue weighted by Gasteiger charge is 2.14. The largest absolute Gasteiger partial charge is 0.361 e. The number of rotatable bonds is 11. The minimum absolute atomic E-state index is 0.138. The second-order valence-corrected chi connectivity index (χ2v) is 7.61. The molecule has 3 aromatic rings. The molecule has 0 radical (unpaired) electrons. The Balaban J connectivity index is 1.60. The monoisotopic (exact) mass is 363 g/mol. The molecule has 1 heterocycles. The van der Waals surface area contributed by atoms with E-state index in [4.69, 9.17) is 5.73 Å². The molecule has 0 fully saturated rings. The molecule has 2 aromatic carbocycles. The van der Waals surface area contributed by atoms with Crippen molar-refractivity contribution in [1.29, 1.82) is 0 Å². The highest BCUT2D eigenvalue weighted by molar-refractivity contribution is 5.83. The van der Waals surface area contributed by atoms with E-state index < -0.39 is 0 Å². The zero-order valence-corrected chi connectivity index (χ0v) is 16.5. The molecule has 3 nitrogen and oxygen atoms in total. The predicted octanol–water partition coefficient (Wildman–Crippen LogP) is 5.12. The Bertz CT molecular complexity index is 794. The molecule has 144 valence electrons. The Morgan fingerprint density at radius 1 is 0.963 bits per heavy atom. The summed E-state index contributed by atoms with van der Waals surface area (Å²) in [6, 6.07) is 19.4. The Kier molecular flexibility index (Phi) is 7.49. The van der Waals surface area contributed by atoms with Gasteiger partial charge in [-0.25, -0.2) is 0 Å². The third-order valence-corrected chi connectivity index (χ3v) is 5.23. The van der Waals surface area contributed by atoms with Crippen LogP contribution in [0.1, 0.15) is 43.7 Å². The van der Waals surface area contributed by atoms with Crippen molar-refractivity contribution in [1.82, 2.24) is 9.88 Å². The zero-order valence-electron chi connectivity index (χ0n) is 16.5. The minimum atomic E-state index is 0.138. The van der Waals surface area contributed by atoms with Crippen molar-refractivity contribution in [3.63, 3.8) is 0 Å². The maximum absolute atomic E-state index is 6.59. The van der Waals surface area contributed by atoms with Gasteiger partial charge in [0.25, 0.3) is 0 Å². The molecule has 0 unspecified atom stereocenters. The lowest BCUT2D eigenvalue weighted by Gasteiger charge is -2.26. The molecule has 0 spiro atoms. The van der Waals surface area contributed by atoms with Gasteiger partial charge in [0.15, 0.2) is 0 Å². The Labute approximate surface area is 163 Å². The van der Waals surface area contributed by atoms with Crippen molar-refractivity contribution in [3.8, 4) is 0 Å². The first-order chi connectivity index (χ1) is 13.3. The van der Waals surface area contributed by atoms with Crippen LogP contribution >= 0.6 is 0 Å². The van der Waals surface area contributed by atoms with Crippen LogP contribution in [0.3, 0.4) is 0 Å². The van der Waals surface area contributed by atoms with Gasteiger partial charge in [0.1, 0.15) is 0 Å². The van der Waals surface area contributed by atoms with Crippen molar-refractivity contribution in [2.75, 3.05) is 13.1 Å². The summed E-state index contributed by atoms with van der Waals surface area (Å²) in [6.07, 6.45) is 8.18. The van der Waals surface area contributed by atoms with Crippen LogP contribution in [0.2, 0.25) is 0 Å². The molecule has 3 N–H and O–H groups in total. The minimum Gasteiger partial charge on any atom is -0.361 e. The van der Waals surface area contributed by atoms with Crippen LogP contribution in [0.4, 0.5) is 0 Å². The van der Waals surface area contributed by atoms with E-state index >= 15 is 0 Å². The van der Waals surface area contributed by atoms with Crippen LogP contribution < -0.4 is 5.73 Å². The van der Waals surface area contributed by atoms with Gasteiger partial charge in [0.05, 0.1) is 0 Å². The van der Waals surface area contributed by atoms with Crippen LogP contribution in [0.5, 0.6) is 0 Å². The Hall–Kier alpha value is -2.10. The quantitative estimate of drug-likeness (QED) is 0.464. The lowest BCUT2D eigenvalue weighted by molar-refractivity contribution is 0.242. The van der Waals surface area contributed by atoms with Crippen molar-refractivity contribution in [2.24, 2.45) is 5.73 Å². The van der Waals surface area contributed by atoms with Gasteiger partial charge in [-0.05, 0) is 36.6 Å². The number of aromatic amines is 1. The molecule has 3 heteroatoms. The van der Waals surface area contributed by atoms with Gasteiger partial charge in [0, 0.05) is 36.2 Å². The summed E-state index contributed by atoms with van der Waals surface area (Å²) in [5, 5.41) is 1.30. The first-order valence-electron chi connectivity index (χ1n) is 10.3. The number of H-pyrrole nitrogens is 1. The van der Waals surface area contributed by atoms with E-state index in [9.17, 15) is 0 Å². The van der Waals surface area contributed by atoms with E-state index in [0.29, 0.717) is 0 Å². The molecule has 1 atom stereocenters. The fourth-order valence-corrected chi connectivity index (χ4v) is 3.82. The van der Waals surface area contributed by atoms with E-state index in [1.165, 1.54) is 47.7 Å². The molecular formula is C24H33N3. The molecule has 0 aliphatic carbocycles. The van der Waals surface area contributed by atoms with E-state index in [2.05, 4.69) is 77.6 Å². The zero-order chi connectivity index (χ0) is 18.9. The Morgan fingerprint density at radius 3 is 2.56 bits per heavy atom. The first kappa shape index (κ1) is 19.7. The lowest BCUT2D eigenvalue weighted by Crippen LogP contribution is -2.39. The predicted molar refractivity (Wildman–Crippen MR) is 116 cm³/mol. The summed E-state index contributed by atoms with van der Waals surface area (Å²) >= 11 is 0. The molecule has 0 aliphatic rings. The molecule has 1 aromatic heterocycles. The SMILES string of the molecule is CCCCCCN(Cc1ccccc1)C[C@@H](N)Cc1c[nH]c2ccccc12. The number of benzene rings is 2. The number of nitrogens with zero attached hydrogens (tertiary/aromatic N) is 1. The number of unbranched alkanes of at least 4 members (excludes halogenated alkanes) is 3. The topological polar surface area (TPSA) is 45.0 Å². The normalized spacial score (nSPS) is 12.7. The molecule has 0 bridgehead atoms. The summed E-state index contributed by atoms with van der Waals surface area (Å²) in [5.74, 6) is 0. The second-order valence-electron chi connectivity index (χ2n) is 7.61. The molecule has 0 aliphatic heterocycles. The number of nitrogens with one attached hydrogen (secondary N) is 1. The molecule has 27 heavy (non-hydrogen) atoms. The molecule has 3 rings (SSSR count). The van der Waals surface area contributed by atoms with E-state index in [-0.39, 0.29) is 6.04 Å². The van der Waals surface area contributed by atoms with Gasteiger partial charge in [0.2, 0.25) is 0 Å². The van der Waals surface area contributed by atoms with Gasteiger partial charge in [-0.2, -0.15) is 0 Å². The van der Waals surface area contributed by atoms with Gasteiger partial charge in [-0.15, -0.1) is 0 Å². The molecule has 0 amide bonds. The van der Waals surface area contributed by atoms with E-state index in [0.717, 1.165) is 26.1 Å². The summed E-state index contributed by atoms with van der Waals surface area (Å²) < 4.78 is 0. The van der Waals surface area contributed by atoms with Crippen LogP contribution in [-0.2, 0) is 13.0 Å². The maximum Gasteiger partial charge on any atom is 0.0456 e. The van der Waals surface area contributed by atoms with Crippen LogP contribution in [0.25, 0.3) is 10.9 Å². The van der Waals surface area contributed by atoms with Gasteiger partial charge in [-0.3, -0.25) is 4.90 Å². The first-order valence-corrected chi connectivity index (χ1v) is 10.3. The third-order valence-electron chi connectivity index (χ3n) is 5.23. The van der Waals surface area contributed by atoms with E-state index in [1.807, 2.05) is 0 Å². The smallest absolute Gasteiger partial charge is 0.0456 e. The standard InChI is InChI=1S/C24H33N3/c1-2-3-4-10-15-27(18-20-11-6-5-7-12-20)19-22(25)16-21-17-26-24-14-9-8-13-23(21)24/h5-9,11-14,17,22,26H,2-4,10,15-16,18-19,25H2,1H3/t22-/m0/s1. The average Bonchev–Trinajstić information content (AvgIpc) is 3.09. The summed E-state index contributed by atoms with van der Waals surface area (Å²) in [6.45, 7) is 5.30. The average molecular weight is 364 g/mol. The Morgan fingerprint density at radius 2 is 1.74 bits per heavy atom. The van der Waals surface area contributed by atoms with Crippen molar-refractivity contribution >= 4 is 10.9 Å².